The molecule has 4 N–H and O–H groups in total. The average Bonchev–Trinajstić information content (AvgIpc) is 3.87. The van der Waals surface area contributed by atoms with E-state index in [4.69, 9.17) is 0 Å². The summed E-state index contributed by atoms with van der Waals surface area (Å²) in [6.07, 6.45) is 11.4. The van der Waals surface area contributed by atoms with Gasteiger partial charge in [-0.05, 0) is 86.6 Å². The van der Waals surface area contributed by atoms with Crippen molar-refractivity contribution in [2.24, 2.45) is 0 Å². The molecule has 7 rings (SSSR count). The van der Waals surface area contributed by atoms with Gasteiger partial charge in [-0.15, -0.1) is 0 Å². The van der Waals surface area contributed by atoms with E-state index in [9.17, 15) is 29.1 Å². The van der Waals surface area contributed by atoms with E-state index in [1.807, 2.05) is 6.20 Å². The number of phenolic OH excluding ortho intramolecular Hbond substituents is 1. The Morgan fingerprint density at radius 3 is 2.48 bits per heavy atom. The molecule has 0 aliphatic carbocycles. The quantitative estimate of drug-likeness (QED) is 0.0601. The number of anilines is 2. The summed E-state index contributed by atoms with van der Waals surface area (Å²) in [7, 11) is 0. The number of rotatable bonds is 17. The molecule has 4 aliphatic heterocycles. The molecule has 3 aromatic carbocycles. The summed E-state index contributed by atoms with van der Waals surface area (Å²) in [6.45, 7) is 6.81. The number of carbonyl (C=O) groups excluding carboxylic acids is 5. The molecular formula is C44H50N6O6. The molecule has 0 aromatic heterocycles. The Morgan fingerprint density at radius 1 is 0.875 bits per heavy atom. The van der Waals surface area contributed by atoms with Crippen LogP contribution in [0.4, 0.5) is 11.4 Å². The Hall–Kier alpha value is -5.91. The summed E-state index contributed by atoms with van der Waals surface area (Å²) in [5.74, 6) is -1.38. The van der Waals surface area contributed by atoms with E-state index >= 15 is 0 Å². The van der Waals surface area contributed by atoms with E-state index in [2.05, 4.69) is 56.6 Å². The fourth-order valence-corrected chi connectivity index (χ4v) is 8.29. The number of hydrogen-bond donors (Lipinski definition) is 4. The Kier molecular flexibility index (Phi) is 11.8. The Morgan fingerprint density at radius 2 is 1.68 bits per heavy atom. The first-order valence-electron chi connectivity index (χ1n) is 19.8. The number of nitrogens with one attached hydrogen (secondary N) is 3. The molecule has 3 saturated heterocycles. The zero-order chi connectivity index (χ0) is 39.2. The van der Waals surface area contributed by atoms with Gasteiger partial charge in [0.05, 0.1) is 16.7 Å². The first-order valence-corrected chi connectivity index (χ1v) is 19.8. The number of carbonyl (C=O) groups is 5. The highest BCUT2D eigenvalue weighted by Gasteiger charge is 2.44. The number of imide groups is 1. The van der Waals surface area contributed by atoms with Crippen LogP contribution >= 0.6 is 0 Å². The molecule has 3 fully saturated rings. The minimum absolute atomic E-state index is 0.00430. The monoisotopic (exact) mass is 758 g/mol. The number of hydrogen-bond acceptors (Lipinski definition) is 9. The van der Waals surface area contributed by atoms with Gasteiger partial charge in [-0.1, -0.05) is 50.1 Å². The van der Waals surface area contributed by atoms with E-state index < -0.39 is 17.9 Å². The van der Waals surface area contributed by atoms with Crippen molar-refractivity contribution in [2.45, 2.75) is 82.3 Å². The number of piperidine rings is 1. The van der Waals surface area contributed by atoms with Crippen LogP contribution in [-0.4, -0.2) is 88.6 Å². The van der Waals surface area contributed by atoms with E-state index in [0.717, 1.165) is 75.2 Å². The highest BCUT2D eigenvalue weighted by Crippen LogP contribution is 2.35. The molecule has 0 spiro atoms. The Labute approximate surface area is 327 Å². The number of phenols is 1. The van der Waals surface area contributed by atoms with Crippen molar-refractivity contribution in [1.82, 2.24) is 20.4 Å². The van der Waals surface area contributed by atoms with Crippen LogP contribution in [0.25, 0.3) is 0 Å². The summed E-state index contributed by atoms with van der Waals surface area (Å²) < 4.78 is 0. The minimum Gasteiger partial charge on any atom is -0.507 e. The molecule has 3 atom stereocenters. The van der Waals surface area contributed by atoms with Crippen molar-refractivity contribution in [3.63, 3.8) is 0 Å². The average molecular weight is 759 g/mol. The van der Waals surface area contributed by atoms with E-state index in [1.165, 1.54) is 17.3 Å². The maximum atomic E-state index is 13.1. The van der Waals surface area contributed by atoms with Gasteiger partial charge < -0.3 is 30.9 Å². The second-order valence-electron chi connectivity index (χ2n) is 15.2. The van der Waals surface area contributed by atoms with Crippen molar-refractivity contribution in [3.05, 3.63) is 114 Å². The third-order valence-corrected chi connectivity index (χ3v) is 11.3. The summed E-state index contributed by atoms with van der Waals surface area (Å²) in [6, 6.07) is 20.2. The van der Waals surface area contributed by atoms with Gasteiger partial charge in [-0.2, -0.15) is 0 Å². The molecule has 2 bridgehead atoms. The van der Waals surface area contributed by atoms with E-state index in [-0.39, 0.29) is 23.3 Å². The number of allylic oxidation sites excluding steroid dienone is 2. The summed E-state index contributed by atoms with van der Waals surface area (Å²) in [5.41, 5.74) is 4.68. The second kappa shape index (κ2) is 17.3. The van der Waals surface area contributed by atoms with Crippen LogP contribution in [0.5, 0.6) is 5.75 Å². The molecule has 3 aromatic rings. The van der Waals surface area contributed by atoms with E-state index in [0.29, 0.717) is 60.3 Å². The standard InChI is InChI=1S/C44H50N6O6/c1-29-15-18-38(42(54)47-29)50-43(55)35-17-16-31(25-37(35)44(50)56)45-21-8-4-2-3-5-14-41(53)46-22-19-30-10-9-11-32(24-30)49-28-33-26-34(49)27-48(33)23-20-40(52)36-12-6-7-13-39(36)51/h6-7,9-13,16-17,20,23-25,33-34,38,45,51H,1-5,8,14-15,18-19,21-22,26-28H2,(H,46,53)(H,47,54)/b23-20+/t33-,34-,38?/m1/s1. The van der Waals surface area contributed by atoms with Crippen molar-refractivity contribution >= 4 is 40.8 Å². The smallest absolute Gasteiger partial charge is 0.262 e. The van der Waals surface area contributed by atoms with Crippen molar-refractivity contribution < 1.29 is 29.1 Å². The largest absolute Gasteiger partial charge is 0.507 e. The number of unbranched alkanes of at least 4 members (excludes halogenated alkanes) is 4. The summed E-state index contributed by atoms with van der Waals surface area (Å²) >= 11 is 0. The number of likely N-dealkylation sites (tertiary alicyclic amines) is 1. The molecule has 12 heteroatoms. The number of para-hydroxylation sites is 1. The molecular weight excluding hydrogens is 709 g/mol. The number of amides is 4. The van der Waals surface area contributed by atoms with Gasteiger partial charge in [0.2, 0.25) is 11.8 Å². The Bertz CT molecular complexity index is 2050. The molecule has 4 amide bonds. The third kappa shape index (κ3) is 8.64. The summed E-state index contributed by atoms with van der Waals surface area (Å²) in [4.78, 5) is 69.4. The van der Waals surface area contributed by atoms with Gasteiger partial charge in [0, 0.05) is 74.0 Å². The molecule has 1 unspecified atom stereocenters. The number of piperazine rings is 1. The number of fused-ring (bicyclic) bond motifs is 3. The molecule has 0 saturated carbocycles. The van der Waals surface area contributed by atoms with Gasteiger partial charge in [-0.3, -0.25) is 28.9 Å². The predicted octanol–water partition coefficient (Wildman–Crippen LogP) is 5.55. The molecule has 292 valence electrons. The molecule has 56 heavy (non-hydrogen) atoms. The lowest BCUT2D eigenvalue weighted by Gasteiger charge is -2.35. The lowest BCUT2D eigenvalue weighted by molar-refractivity contribution is -0.125. The number of ketones is 1. The van der Waals surface area contributed by atoms with Crippen molar-refractivity contribution in [3.8, 4) is 5.75 Å². The number of benzene rings is 3. The molecule has 4 heterocycles. The third-order valence-electron chi connectivity index (χ3n) is 11.3. The van der Waals surface area contributed by atoms with E-state index in [1.54, 1.807) is 42.5 Å². The fraction of sp³-hybridized carbons (Fsp3) is 0.386. The van der Waals surface area contributed by atoms with Crippen LogP contribution < -0.4 is 20.9 Å². The first-order chi connectivity index (χ1) is 27.2. The van der Waals surface area contributed by atoms with Gasteiger partial charge in [-0.25, -0.2) is 0 Å². The number of aromatic hydroxyl groups is 1. The maximum Gasteiger partial charge on any atom is 0.262 e. The topological polar surface area (TPSA) is 151 Å². The van der Waals surface area contributed by atoms with Crippen LogP contribution in [0.1, 0.15) is 94.4 Å². The number of nitrogens with zero attached hydrogens (tertiary/aromatic N) is 3. The maximum absolute atomic E-state index is 13.1. The van der Waals surface area contributed by atoms with Crippen molar-refractivity contribution in [1.29, 1.82) is 0 Å². The van der Waals surface area contributed by atoms with Gasteiger partial charge in [0.1, 0.15) is 11.8 Å². The summed E-state index contributed by atoms with van der Waals surface area (Å²) in [5, 5.41) is 19.1. The van der Waals surface area contributed by atoms with Gasteiger partial charge in [0.15, 0.2) is 5.78 Å². The normalized spacial score (nSPS) is 20.2. The van der Waals surface area contributed by atoms with Crippen molar-refractivity contribution in [2.75, 3.05) is 36.4 Å². The highest BCUT2D eigenvalue weighted by atomic mass is 16.3. The zero-order valence-electron chi connectivity index (χ0n) is 31.7. The van der Waals surface area contributed by atoms with Gasteiger partial charge in [0.25, 0.3) is 11.8 Å². The van der Waals surface area contributed by atoms with Crippen LogP contribution in [0.3, 0.4) is 0 Å². The Balaban J connectivity index is 0.750. The first kappa shape index (κ1) is 38.4. The van der Waals surface area contributed by atoms with Crippen LogP contribution in [0.15, 0.2) is 91.3 Å². The SMILES string of the molecule is C=C1CCC(N2C(=O)c3ccc(NCCCCCCCC(=O)NCCc4cccc(N5C[C@H]6C[C@@H]5CN6/C=C/C(=O)c5ccccc5O)c4)cc3C2=O)C(=O)N1. The lowest BCUT2D eigenvalue weighted by Crippen LogP contribution is -2.51. The highest BCUT2D eigenvalue weighted by molar-refractivity contribution is 6.23. The van der Waals surface area contributed by atoms with Gasteiger partial charge >= 0.3 is 0 Å². The minimum atomic E-state index is -0.821. The molecule has 0 radical (unpaired) electrons. The predicted molar refractivity (Wildman–Crippen MR) is 214 cm³/mol. The van der Waals surface area contributed by atoms with Crippen LogP contribution in [0, 0.1) is 0 Å². The fourth-order valence-electron chi connectivity index (χ4n) is 8.29. The van der Waals surface area contributed by atoms with Crippen LogP contribution in [0.2, 0.25) is 0 Å². The van der Waals surface area contributed by atoms with Crippen LogP contribution in [-0.2, 0) is 16.0 Å². The second-order valence-corrected chi connectivity index (χ2v) is 15.2. The molecule has 4 aliphatic rings. The lowest BCUT2D eigenvalue weighted by atomic mass is 10.0. The molecule has 12 nitrogen and oxygen atoms in total. The zero-order valence-corrected chi connectivity index (χ0v) is 31.7.